The molecule has 1 saturated carbocycles. The van der Waals surface area contributed by atoms with Crippen molar-refractivity contribution in [1.82, 2.24) is 4.31 Å². The fourth-order valence-electron chi connectivity index (χ4n) is 2.09. The molecular formula is C13H16ClN3O2S. The molecule has 1 aromatic rings. The third-order valence-electron chi connectivity index (χ3n) is 3.28. The molecule has 0 radical (unpaired) electrons. The van der Waals surface area contributed by atoms with E-state index in [4.69, 9.17) is 22.6 Å². The first kappa shape index (κ1) is 15.1. The lowest BCUT2D eigenvalue weighted by Gasteiger charge is -2.22. The Bertz CT molecular complexity index is 663. The number of halogens is 1. The van der Waals surface area contributed by atoms with Crippen molar-refractivity contribution in [2.24, 2.45) is 0 Å². The maximum absolute atomic E-state index is 12.7. The Labute approximate surface area is 124 Å². The quantitative estimate of drug-likeness (QED) is 0.845. The van der Waals surface area contributed by atoms with Crippen LogP contribution in [-0.2, 0) is 10.0 Å². The lowest BCUT2D eigenvalue weighted by Crippen LogP contribution is -2.34. The van der Waals surface area contributed by atoms with Crippen molar-refractivity contribution in [3.8, 4) is 6.07 Å². The SMILES string of the molecule is Cc1cc(Cl)c(N)cc1S(=O)(=O)N(CCC#N)C1CC1. The van der Waals surface area contributed by atoms with Crippen LogP contribution in [0.15, 0.2) is 17.0 Å². The maximum Gasteiger partial charge on any atom is 0.243 e. The summed E-state index contributed by atoms with van der Waals surface area (Å²) >= 11 is 5.90. The topological polar surface area (TPSA) is 87.2 Å². The van der Waals surface area contributed by atoms with E-state index in [0.717, 1.165) is 12.8 Å². The number of nitrogen functional groups attached to an aromatic ring is 1. The monoisotopic (exact) mass is 313 g/mol. The molecule has 1 fully saturated rings. The minimum Gasteiger partial charge on any atom is -0.397 e. The molecule has 1 aliphatic rings. The van der Waals surface area contributed by atoms with E-state index in [2.05, 4.69) is 0 Å². The van der Waals surface area contributed by atoms with Gasteiger partial charge in [-0.3, -0.25) is 0 Å². The summed E-state index contributed by atoms with van der Waals surface area (Å²) in [4.78, 5) is 0.171. The summed E-state index contributed by atoms with van der Waals surface area (Å²) in [6.45, 7) is 1.90. The third-order valence-corrected chi connectivity index (χ3v) is 5.70. The molecule has 5 nitrogen and oxygen atoms in total. The van der Waals surface area contributed by atoms with Crippen LogP contribution in [0.25, 0.3) is 0 Å². The summed E-state index contributed by atoms with van der Waals surface area (Å²) in [6.07, 6.45) is 1.86. The van der Waals surface area contributed by atoms with Gasteiger partial charge in [0.1, 0.15) is 0 Å². The van der Waals surface area contributed by atoms with Crippen molar-refractivity contribution in [1.29, 1.82) is 5.26 Å². The van der Waals surface area contributed by atoms with Crippen molar-refractivity contribution in [2.75, 3.05) is 12.3 Å². The van der Waals surface area contributed by atoms with Crippen molar-refractivity contribution in [3.63, 3.8) is 0 Å². The fraction of sp³-hybridized carbons (Fsp3) is 0.462. The number of benzene rings is 1. The lowest BCUT2D eigenvalue weighted by molar-refractivity contribution is 0.410. The summed E-state index contributed by atoms with van der Waals surface area (Å²) in [7, 11) is -3.64. The van der Waals surface area contributed by atoms with E-state index < -0.39 is 10.0 Å². The van der Waals surface area contributed by atoms with Gasteiger partial charge in [0.05, 0.1) is 21.7 Å². The minimum absolute atomic E-state index is 0.00431. The number of anilines is 1. The Morgan fingerprint density at radius 3 is 2.70 bits per heavy atom. The summed E-state index contributed by atoms with van der Waals surface area (Å²) in [5.41, 5.74) is 6.52. The number of hydrogen-bond acceptors (Lipinski definition) is 4. The van der Waals surface area contributed by atoms with E-state index in [1.54, 1.807) is 13.0 Å². The number of hydrogen-bond donors (Lipinski definition) is 1. The summed E-state index contributed by atoms with van der Waals surface area (Å²) in [5, 5.41) is 9.02. The van der Waals surface area contributed by atoms with Crippen LogP contribution in [-0.4, -0.2) is 25.3 Å². The second-order valence-corrected chi connectivity index (χ2v) is 7.16. The zero-order chi connectivity index (χ0) is 14.9. The van der Waals surface area contributed by atoms with Gasteiger partial charge in [0.25, 0.3) is 0 Å². The molecule has 1 aromatic carbocycles. The standard InChI is InChI=1S/C13H16ClN3O2S/c1-9-7-11(14)12(16)8-13(9)20(18,19)17(6-2-5-15)10-3-4-10/h7-8,10H,2-4,6,16H2,1H3. The van der Waals surface area contributed by atoms with Crippen LogP contribution in [0.2, 0.25) is 5.02 Å². The third kappa shape index (κ3) is 2.90. The van der Waals surface area contributed by atoms with Gasteiger partial charge in [0.2, 0.25) is 10.0 Å². The Morgan fingerprint density at radius 2 is 2.15 bits per heavy atom. The number of nitrogens with two attached hydrogens (primary N) is 1. The van der Waals surface area contributed by atoms with Gasteiger partial charge < -0.3 is 5.73 Å². The molecule has 7 heteroatoms. The highest BCUT2D eigenvalue weighted by Crippen LogP contribution is 2.35. The van der Waals surface area contributed by atoms with Crippen molar-refractivity contribution in [3.05, 3.63) is 22.7 Å². The second kappa shape index (κ2) is 5.60. The Balaban J connectivity index is 2.43. The van der Waals surface area contributed by atoms with E-state index >= 15 is 0 Å². The second-order valence-electron chi connectivity index (χ2n) is 4.89. The zero-order valence-corrected chi connectivity index (χ0v) is 12.7. The molecule has 0 saturated heterocycles. The van der Waals surface area contributed by atoms with Gasteiger partial charge in [-0.2, -0.15) is 9.57 Å². The molecule has 0 spiro atoms. The van der Waals surface area contributed by atoms with Gasteiger partial charge >= 0.3 is 0 Å². The van der Waals surface area contributed by atoms with Crippen molar-refractivity contribution >= 4 is 27.3 Å². The first-order valence-electron chi connectivity index (χ1n) is 6.32. The van der Waals surface area contributed by atoms with E-state index in [1.165, 1.54) is 10.4 Å². The summed E-state index contributed by atoms with van der Waals surface area (Å²) in [6, 6.07) is 4.94. The van der Waals surface area contributed by atoms with Crippen LogP contribution in [0.5, 0.6) is 0 Å². The Morgan fingerprint density at radius 1 is 1.50 bits per heavy atom. The molecule has 0 heterocycles. The van der Waals surface area contributed by atoms with Crippen LogP contribution < -0.4 is 5.73 Å². The van der Waals surface area contributed by atoms with E-state index in [1.807, 2.05) is 6.07 Å². The number of nitrogens with zero attached hydrogens (tertiary/aromatic N) is 2. The highest BCUT2D eigenvalue weighted by molar-refractivity contribution is 7.89. The van der Waals surface area contributed by atoms with Crippen LogP contribution in [0.3, 0.4) is 0 Å². The average molecular weight is 314 g/mol. The smallest absolute Gasteiger partial charge is 0.243 e. The fourth-order valence-corrected chi connectivity index (χ4v) is 4.24. The van der Waals surface area contributed by atoms with Gasteiger partial charge in [-0.05, 0) is 37.5 Å². The molecule has 0 bridgehead atoms. The van der Waals surface area contributed by atoms with Crippen molar-refractivity contribution in [2.45, 2.75) is 37.1 Å². The predicted octanol–water partition coefficient (Wildman–Crippen LogP) is 2.30. The van der Waals surface area contributed by atoms with Gasteiger partial charge in [-0.25, -0.2) is 8.42 Å². The van der Waals surface area contributed by atoms with Gasteiger partial charge in [-0.15, -0.1) is 0 Å². The molecule has 0 unspecified atom stereocenters. The van der Waals surface area contributed by atoms with Crippen LogP contribution in [0.1, 0.15) is 24.8 Å². The molecule has 0 aliphatic heterocycles. The lowest BCUT2D eigenvalue weighted by atomic mass is 10.2. The first-order valence-corrected chi connectivity index (χ1v) is 8.14. The molecule has 1 aliphatic carbocycles. The highest BCUT2D eigenvalue weighted by Gasteiger charge is 2.38. The van der Waals surface area contributed by atoms with E-state index in [0.29, 0.717) is 10.6 Å². The predicted molar refractivity (Wildman–Crippen MR) is 77.7 cm³/mol. The Hall–Kier alpha value is -1.29. The molecule has 0 atom stereocenters. The van der Waals surface area contributed by atoms with Gasteiger partial charge in [-0.1, -0.05) is 11.6 Å². The molecule has 0 aromatic heterocycles. The Kier molecular flexibility index (Phi) is 4.23. The number of aryl methyl sites for hydroxylation is 1. The normalized spacial score (nSPS) is 15.3. The molecule has 2 N–H and O–H groups in total. The molecular weight excluding hydrogens is 298 g/mol. The van der Waals surface area contributed by atoms with E-state index in [-0.39, 0.29) is 29.6 Å². The number of nitriles is 1. The summed E-state index contributed by atoms with van der Waals surface area (Å²) in [5.74, 6) is 0. The average Bonchev–Trinajstić information content (AvgIpc) is 3.18. The molecule has 0 amide bonds. The molecule has 20 heavy (non-hydrogen) atoms. The molecule has 108 valence electrons. The van der Waals surface area contributed by atoms with E-state index in [9.17, 15) is 8.42 Å². The first-order chi connectivity index (χ1) is 9.37. The van der Waals surface area contributed by atoms with Crippen molar-refractivity contribution < 1.29 is 8.42 Å². The van der Waals surface area contributed by atoms with Crippen LogP contribution in [0.4, 0.5) is 5.69 Å². The van der Waals surface area contributed by atoms with Gasteiger partial charge in [0.15, 0.2) is 0 Å². The number of rotatable bonds is 5. The highest BCUT2D eigenvalue weighted by atomic mass is 35.5. The largest absolute Gasteiger partial charge is 0.397 e. The van der Waals surface area contributed by atoms with Crippen LogP contribution in [0, 0.1) is 18.3 Å². The minimum atomic E-state index is -3.64. The zero-order valence-electron chi connectivity index (χ0n) is 11.1. The maximum atomic E-state index is 12.7. The summed E-state index contributed by atoms with van der Waals surface area (Å²) < 4.78 is 26.9. The molecule has 2 rings (SSSR count). The van der Waals surface area contributed by atoms with Gasteiger partial charge in [0, 0.05) is 19.0 Å². The number of sulfonamides is 1. The van der Waals surface area contributed by atoms with Crippen LogP contribution >= 0.6 is 11.6 Å².